The van der Waals surface area contributed by atoms with E-state index >= 15 is 0 Å². The Balaban J connectivity index is 0. The van der Waals surface area contributed by atoms with Crippen molar-refractivity contribution in [2.24, 2.45) is 0 Å². The molecule has 0 amide bonds. The molecule has 0 fully saturated rings. The zero-order chi connectivity index (χ0) is 8.65. The van der Waals surface area contributed by atoms with Crippen LogP contribution < -0.4 is 0 Å². The van der Waals surface area contributed by atoms with E-state index in [-0.39, 0.29) is 26.1 Å². The van der Waals surface area contributed by atoms with Gasteiger partial charge in [0.15, 0.2) is 0 Å². The Morgan fingerprint density at radius 2 is 1.92 bits per heavy atom. The summed E-state index contributed by atoms with van der Waals surface area (Å²) in [5.41, 5.74) is 0. The molecule has 0 aromatic heterocycles. The fourth-order valence-corrected chi connectivity index (χ4v) is 2.46. The van der Waals surface area contributed by atoms with E-state index in [1.165, 1.54) is 6.42 Å². The summed E-state index contributed by atoms with van der Waals surface area (Å²) in [6, 6.07) is 0. The molecule has 0 N–H and O–H groups in total. The van der Waals surface area contributed by atoms with Gasteiger partial charge in [-0.25, -0.2) is 0 Å². The van der Waals surface area contributed by atoms with E-state index < -0.39 is 0 Å². The standard InChI is InChI=1S/C5H6.C5H5.CH3.Zr.2H/c2*1-2-4-5-3-1;;;;/h1-4H,5H2;1-3H,4H2;1H3;;;/q;;;+2;2*-1. The normalized spacial score (nSPS) is 16.9. The van der Waals surface area contributed by atoms with Crippen LogP contribution in [0.15, 0.2) is 45.8 Å². The molecule has 0 spiro atoms. The van der Waals surface area contributed by atoms with Crippen LogP contribution in [0.4, 0.5) is 0 Å². The average molecular weight is 239 g/mol. The predicted molar refractivity (Wildman–Crippen MR) is 52.8 cm³/mol. The van der Waals surface area contributed by atoms with Crippen molar-refractivity contribution in [2.45, 2.75) is 17.5 Å². The fourth-order valence-electron chi connectivity index (χ4n) is 1.03. The maximum atomic E-state index is 2.36. The smallest absolute Gasteiger partial charge is 1.00 e. The summed E-state index contributed by atoms with van der Waals surface area (Å²) in [6.07, 6.45) is 17.4. The quantitative estimate of drug-likeness (QED) is 0.655. The van der Waals surface area contributed by atoms with E-state index in [0.717, 1.165) is 6.42 Å². The van der Waals surface area contributed by atoms with Crippen LogP contribution in [0.5, 0.6) is 0 Å². The number of rotatable bonds is 1. The molecule has 0 aliphatic heterocycles. The summed E-state index contributed by atoms with van der Waals surface area (Å²) in [4.78, 5) is 0. The van der Waals surface area contributed by atoms with Crippen molar-refractivity contribution in [1.29, 1.82) is 0 Å². The van der Waals surface area contributed by atoms with E-state index in [4.69, 9.17) is 0 Å². The van der Waals surface area contributed by atoms with Crippen LogP contribution in [0.25, 0.3) is 0 Å². The molecule has 0 saturated heterocycles. The molecule has 1 heteroatoms. The Morgan fingerprint density at radius 3 is 2.17 bits per heavy atom. The molecule has 0 aromatic rings. The second kappa shape index (κ2) is 6.37. The summed E-state index contributed by atoms with van der Waals surface area (Å²) < 4.78 is 4.09. The van der Waals surface area contributed by atoms with Crippen LogP contribution in [0.2, 0.25) is 4.63 Å². The van der Waals surface area contributed by atoms with Gasteiger partial charge in [-0.3, -0.25) is 0 Å². The largest absolute Gasteiger partial charge is 1.00 e. The number of hydrogen-bond donors (Lipinski definition) is 0. The van der Waals surface area contributed by atoms with Gasteiger partial charge in [0, 0.05) is 0 Å². The Morgan fingerprint density at radius 1 is 1.17 bits per heavy atom. The summed E-state index contributed by atoms with van der Waals surface area (Å²) in [7, 11) is 0. The van der Waals surface area contributed by atoms with Gasteiger partial charge in [-0.15, -0.1) is 0 Å². The zero-order valence-electron chi connectivity index (χ0n) is 9.46. The number of hydrogen-bond acceptors (Lipinski definition) is 0. The van der Waals surface area contributed by atoms with Gasteiger partial charge in [0.25, 0.3) is 0 Å². The SMILES string of the molecule is C1=CCC=C1.[CH3][Zr+2][C]1=CC=CC1.[H-].[H-]. The average Bonchev–Trinajstić information content (AvgIpc) is 2.81. The minimum atomic E-state index is -0.0408. The molecular formula is C11H16Zr. The first-order valence-corrected chi connectivity index (χ1v) is 7.97. The van der Waals surface area contributed by atoms with Gasteiger partial charge in [-0.1, -0.05) is 24.3 Å². The van der Waals surface area contributed by atoms with Gasteiger partial charge in [-0.05, 0) is 6.42 Å². The van der Waals surface area contributed by atoms with Crippen LogP contribution in [0.1, 0.15) is 15.7 Å². The maximum Gasteiger partial charge on any atom is -1.00 e. The topological polar surface area (TPSA) is 0 Å². The van der Waals surface area contributed by atoms with Gasteiger partial charge in [0.2, 0.25) is 0 Å². The second-order valence-corrected chi connectivity index (χ2v) is 5.47. The molecule has 0 nitrogen and oxygen atoms in total. The van der Waals surface area contributed by atoms with E-state index in [1.807, 2.05) is 0 Å². The van der Waals surface area contributed by atoms with Gasteiger partial charge in [0.1, 0.15) is 0 Å². The molecule has 12 heavy (non-hydrogen) atoms. The predicted octanol–water partition coefficient (Wildman–Crippen LogP) is 3.69. The molecule has 64 valence electrons. The van der Waals surface area contributed by atoms with Crippen LogP contribution >= 0.6 is 0 Å². The maximum absolute atomic E-state index is 2.36. The Labute approximate surface area is 89.3 Å². The molecule has 0 saturated carbocycles. The van der Waals surface area contributed by atoms with Crippen molar-refractivity contribution >= 4 is 0 Å². The molecule has 0 heterocycles. The second-order valence-electron chi connectivity index (χ2n) is 2.67. The molecule has 2 aliphatic rings. The first-order valence-electron chi connectivity index (χ1n) is 4.28. The zero-order valence-corrected chi connectivity index (χ0v) is 9.91. The molecule has 0 bridgehead atoms. The van der Waals surface area contributed by atoms with E-state index in [2.05, 4.69) is 47.2 Å². The van der Waals surface area contributed by atoms with Gasteiger partial charge in [-0.2, -0.15) is 0 Å². The van der Waals surface area contributed by atoms with Crippen LogP contribution in [0, 0.1) is 0 Å². The molecule has 0 unspecified atom stereocenters. The van der Waals surface area contributed by atoms with Crippen molar-refractivity contribution in [3.05, 3.63) is 45.8 Å². The van der Waals surface area contributed by atoms with Gasteiger partial charge >= 0.3 is 55.8 Å². The van der Waals surface area contributed by atoms with Gasteiger partial charge in [0.05, 0.1) is 0 Å². The third-order valence-corrected chi connectivity index (χ3v) is 4.24. The van der Waals surface area contributed by atoms with E-state index in [1.54, 1.807) is 3.28 Å². The van der Waals surface area contributed by atoms with Crippen molar-refractivity contribution < 1.29 is 26.1 Å². The minimum absolute atomic E-state index is 0. The van der Waals surface area contributed by atoms with Crippen LogP contribution in [-0.4, -0.2) is 0 Å². The third-order valence-electron chi connectivity index (χ3n) is 1.75. The summed E-state index contributed by atoms with van der Waals surface area (Å²) in [6.45, 7) is 0. The van der Waals surface area contributed by atoms with Crippen molar-refractivity contribution in [2.75, 3.05) is 0 Å². The molecular weight excluding hydrogens is 223 g/mol. The van der Waals surface area contributed by atoms with E-state index in [9.17, 15) is 0 Å². The molecule has 2 aliphatic carbocycles. The summed E-state index contributed by atoms with van der Waals surface area (Å²) in [5, 5.41) is 0. The molecule has 2 rings (SSSR count). The first-order chi connectivity index (χ1) is 5.93. The Bertz CT molecular complexity index is 230. The van der Waals surface area contributed by atoms with Crippen molar-refractivity contribution in [3.8, 4) is 0 Å². The number of allylic oxidation sites excluding steroid dienone is 8. The van der Waals surface area contributed by atoms with Crippen molar-refractivity contribution in [1.82, 2.24) is 0 Å². The first kappa shape index (κ1) is 9.93. The molecule has 0 atom stereocenters. The molecule has 0 aromatic carbocycles. The van der Waals surface area contributed by atoms with Gasteiger partial charge < -0.3 is 2.85 Å². The van der Waals surface area contributed by atoms with Crippen LogP contribution in [-0.2, 0) is 23.2 Å². The monoisotopic (exact) mass is 238 g/mol. The summed E-state index contributed by atoms with van der Waals surface area (Å²) in [5.74, 6) is 0. The summed E-state index contributed by atoms with van der Waals surface area (Å²) >= 11 is -0.0408. The van der Waals surface area contributed by atoms with Crippen molar-refractivity contribution in [3.63, 3.8) is 0 Å². The fraction of sp³-hybridized carbons (Fsp3) is 0.273. The Hall–Kier alpha value is -0.157. The van der Waals surface area contributed by atoms with E-state index in [0.29, 0.717) is 0 Å². The van der Waals surface area contributed by atoms with Crippen LogP contribution in [0.3, 0.4) is 0 Å². The molecule has 0 radical (unpaired) electrons. The third kappa shape index (κ3) is 4.02. The Kier molecular flexibility index (Phi) is 5.27. The minimum Gasteiger partial charge on any atom is -1.00 e.